The molecule has 31 heavy (non-hydrogen) atoms. The molecule has 2 aromatic carbocycles. The van der Waals surface area contributed by atoms with E-state index in [0.717, 1.165) is 35.5 Å². The van der Waals surface area contributed by atoms with Crippen LogP contribution in [0.1, 0.15) is 5.56 Å². The maximum atomic E-state index is 13.3. The van der Waals surface area contributed by atoms with E-state index in [-0.39, 0.29) is 23.5 Å². The monoisotopic (exact) mass is 438 g/mol. The average molecular weight is 438 g/mol. The number of nitrogens with one attached hydrogen (secondary N) is 1. The van der Waals surface area contributed by atoms with Gasteiger partial charge in [-0.1, -0.05) is 30.0 Å². The van der Waals surface area contributed by atoms with E-state index in [0.29, 0.717) is 16.1 Å². The van der Waals surface area contributed by atoms with Crippen LogP contribution in [0.25, 0.3) is 10.9 Å². The maximum absolute atomic E-state index is 13.3. The Bertz CT molecular complexity index is 1290. The first-order chi connectivity index (χ1) is 15.0. The van der Waals surface area contributed by atoms with Crippen molar-refractivity contribution in [3.05, 3.63) is 94.5 Å². The molecular weight excluding hydrogens is 422 g/mol. The number of rotatable bonds is 6. The summed E-state index contributed by atoms with van der Waals surface area (Å²) in [4.78, 5) is 34.0. The van der Waals surface area contributed by atoms with Gasteiger partial charge in [0, 0.05) is 24.1 Å². The highest BCUT2D eigenvalue weighted by molar-refractivity contribution is 7.99. The summed E-state index contributed by atoms with van der Waals surface area (Å²) in [5.74, 6) is -2.16. The second-order valence-corrected chi connectivity index (χ2v) is 7.60. The van der Waals surface area contributed by atoms with Gasteiger partial charge in [-0.05, 0) is 35.9 Å². The number of fused-ring (bicyclic) bond motifs is 1. The van der Waals surface area contributed by atoms with Gasteiger partial charge in [-0.3, -0.25) is 19.1 Å². The average Bonchev–Trinajstić information content (AvgIpc) is 2.74. The van der Waals surface area contributed by atoms with Crippen molar-refractivity contribution in [3.63, 3.8) is 0 Å². The zero-order chi connectivity index (χ0) is 21.8. The van der Waals surface area contributed by atoms with E-state index in [1.54, 1.807) is 42.7 Å². The lowest BCUT2D eigenvalue weighted by atomic mass is 10.2. The van der Waals surface area contributed by atoms with Crippen molar-refractivity contribution >= 4 is 34.3 Å². The molecule has 6 nitrogen and oxygen atoms in total. The molecule has 0 aliphatic heterocycles. The first-order valence-corrected chi connectivity index (χ1v) is 10.3. The molecule has 0 aliphatic rings. The number of hydrogen-bond acceptors (Lipinski definition) is 5. The lowest BCUT2D eigenvalue weighted by Crippen LogP contribution is -2.25. The molecule has 0 fully saturated rings. The normalized spacial score (nSPS) is 10.9. The molecule has 0 bridgehead atoms. The summed E-state index contributed by atoms with van der Waals surface area (Å²) in [6.07, 6.45) is 3.29. The summed E-state index contributed by atoms with van der Waals surface area (Å²) >= 11 is 1.06. The summed E-state index contributed by atoms with van der Waals surface area (Å²) in [5, 5.41) is 3.27. The van der Waals surface area contributed by atoms with Gasteiger partial charge in [0.2, 0.25) is 5.91 Å². The Kier molecular flexibility index (Phi) is 6.03. The number of carbonyl (C=O) groups is 1. The molecule has 0 aliphatic carbocycles. The summed E-state index contributed by atoms with van der Waals surface area (Å²) in [6.45, 7) is 0.240. The van der Waals surface area contributed by atoms with Crippen LogP contribution in [0.15, 0.2) is 76.9 Å². The van der Waals surface area contributed by atoms with Gasteiger partial charge < -0.3 is 5.32 Å². The van der Waals surface area contributed by atoms with E-state index >= 15 is 0 Å². The summed E-state index contributed by atoms with van der Waals surface area (Å²) in [5.41, 5.74) is 1.11. The Labute approximate surface area is 180 Å². The van der Waals surface area contributed by atoms with Crippen molar-refractivity contribution in [2.24, 2.45) is 0 Å². The third-order valence-electron chi connectivity index (χ3n) is 4.37. The number of para-hydroxylation sites is 1. The quantitative estimate of drug-likeness (QED) is 0.366. The Morgan fingerprint density at radius 1 is 1.06 bits per heavy atom. The summed E-state index contributed by atoms with van der Waals surface area (Å²) in [6, 6.07) is 13.4. The van der Waals surface area contributed by atoms with Gasteiger partial charge in [0.25, 0.3) is 5.56 Å². The predicted octanol–water partition coefficient (Wildman–Crippen LogP) is 3.85. The van der Waals surface area contributed by atoms with Crippen LogP contribution >= 0.6 is 11.8 Å². The number of pyridine rings is 1. The first kappa shape index (κ1) is 20.7. The molecule has 0 spiro atoms. The molecule has 0 saturated heterocycles. The maximum Gasteiger partial charge on any atom is 0.262 e. The number of nitrogens with zero attached hydrogens (tertiary/aromatic N) is 3. The molecule has 0 unspecified atom stereocenters. The molecule has 1 amide bonds. The van der Waals surface area contributed by atoms with Crippen LogP contribution in [-0.4, -0.2) is 26.2 Å². The zero-order valence-electron chi connectivity index (χ0n) is 16.1. The first-order valence-electron chi connectivity index (χ1n) is 9.27. The lowest BCUT2D eigenvalue weighted by molar-refractivity contribution is -0.113. The SMILES string of the molecule is O=C(CSc1nc2ccccc2c(=O)n1Cc1cccnc1)Nc1cc(F)cc(F)c1. The second-order valence-electron chi connectivity index (χ2n) is 6.66. The third-order valence-corrected chi connectivity index (χ3v) is 5.35. The Hall–Kier alpha value is -3.59. The molecule has 0 saturated carbocycles. The topological polar surface area (TPSA) is 76.9 Å². The van der Waals surface area contributed by atoms with Gasteiger partial charge in [-0.15, -0.1) is 0 Å². The van der Waals surface area contributed by atoms with Crippen molar-refractivity contribution in [2.75, 3.05) is 11.1 Å². The molecule has 0 atom stereocenters. The number of carbonyl (C=O) groups excluding carboxylic acids is 1. The number of halogens is 2. The fourth-order valence-corrected chi connectivity index (χ4v) is 3.82. The minimum absolute atomic E-state index is 0.0160. The van der Waals surface area contributed by atoms with Gasteiger partial charge in [-0.25, -0.2) is 13.8 Å². The predicted molar refractivity (Wildman–Crippen MR) is 115 cm³/mol. The van der Waals surface area contributed by atoms with Crippen LogP contribution in [0.3, 0.4) is 0 Å². The van der Waals surface area contributed by atoms with E-state index in [2.05, 4.69) is 15.3 Å². The van der Waals surface area contributed by atoms with Gasteiger partial charge >= 0.3 is 0 Å². The van der Waals surface area contributed by atoms with E-state index in [4.69, 9.17) is 0 Å². The molecule has 4 rings (SSSR count). The van der Waals surface area contributed by atoms with E-state index in [1.807, 2.05) is 6.07 Å². The lowest BCUT2D eigenvalue weighted by Gasteiger charge is -2.13. The third kappa shape index (κ3) is 4.95. The molecule has 4 aromatic rings. The molecule has 156 valence electrons. The van der Waals surface area contributed by atoms with Crippen LogP contribution in [0.5, 0.6) is 0 Å². The van der Waals surface area contributed by atoms with Crippen LogP contribution in [0.4, 0.5) is 14.5 Å². The molecule has 2 heterocycles. The molecular formula is C22H16F2N4O2S. The largest absolute Gasteiger partial charge is 0.325 e. The number of hydrogen-bond donors (Lipinski definition) is 1. The smallest absolute Gasteiger partial charge is 0.262 e. The highest BCUT2D eigenvalue weighted by Crippen LogP contribution is 2.20. The Morgan fingerprint density at radius 2 is 1.84 bits per heavy atom. The Morgan fingerprint density at radius 3 is 2.58 bits per heavy atom. The number of aromatic nitrogens is 3. The van der Waals surface area contributed by atoms with Crippen LogP contribution < -0.4 is 10.9 Å². The fraction of sp³-hybridized carbons (Fsp3) is 0.0909. The van der Waals surface area contributed by atoms with Crippen molar-refractivity contribution in [3.8, 4) is 0 Å². The highest BCUT2D eigenvalue weighted by Gasteiger charge is 2.14. The van der Waals surface area contributed by atoms with Crippen molar-refractivity contribution < 1.29 is 13.6 Å². The van der Waals surface area contributed by atoms with Crippen molar-refractivity contribution in [1.82, 2.24) is 14.5 Å². The van der Waals surface area contributed by atoms with Crippen LogP contribution in [-0.2, 0) is 11.3 Å². The molecule has 2 aromatic heterocycles. The zero-order valence-corrected chi connectivity index (χ0v) is 16.9. The molecule has 0 radical (unpaired) electrons. The molecule has 9 heteroatoms. The Balaban J connectivity index is 1.60. The van der Waals surface area contributed by atoms with Gasteiger partial charge in [0.1, 0.15) is 11.6 Å². The van der Waals surface area contributed by atoms with E-state index < -0.39 is 17.5 Å². The summed E-state index contributed by atoms with van der Waals surface area (Å²) < 4.78 is 28.1. The van der Waals surface area contributed by atoms with Crippen LogP contribution in [0.2, 0.25) is 0 Å². The van der Waals surface area contributed by atoms with Crippen molar-refractivity contribution in [2.45, 2.75) is 11.7 Å². The number of amides is 1. The minimum Gasteiger partial charge on any atom is -0.325 e. The number of thioether (sulfide) groups is 1. The van der Waals surface area contributed by atoms with E-state index in [1.165, 1.54) is 4.57 Å². The van der Waals surface area contributed by atoms with Crippen LogP contribution in [0, 0.1) is 11.6 Å². The van der Waals surface area contributed by atoms with Crippen molar-refractivity contribution in [1.29, 1.82) is 0 Å². The summed E-state index contributed by atoms with van der Waals surface area (Å²) in [7, 11) is 0. The number of benzene rings is 2. The minimum atomic E-state index is -0.788. The second kappa shape index (κ2) is 9.05. The number of anilines is 1. The van der Waals surface area contributed by atoms with Gasteiger partial charge in [0.05, 0.1) is 23.2 Å². The highest BCUT2D eigenvalue weighted by atomic mass is 32.2. The fourth-order valence-electron chi connectivity index (χ4n) is 3.02. The standard InChI is InChI=1S/C22H16F2N4O2S/c23-15-8-16(24)10-17(9-15)26-20(29)13-31-22-27-19-6-2-1-5-18(19)21(30)28(22)12-14-4-3-7-25-11-14/h1-11H,12-13H2,(H,26,29). The van der Waals surface area contributed by atoms with E-state index in [9.17, 15) is 18.4 Å². The van der Waals surface area contributed by atoms with Gasteiger partial charge in [-0.2, -0.15) is 0 Å². The molecule has 1 N–H and O–H groups in total. The van der Waals surface area contributed by atoms with Gasteiger partial charge in [0.15, 0.2) is 5.16 Å².